The van der Waals surface area contributed by atoms with Crippen LogP contribution in [0.5, 0.6) is 0 Å². The van der Waals surface area contributed by atoms with Crippen LogP contribution in [0, 0.1) is 15.9 Å². The van der Waals surface area contributed by atoms with Gasteiger partial charge in [-0.3, -0.25) is 34.3 Å². The predicted octanol–water partition coefficient (Wildman–Crippen LogP) is 1.67. The maximum Gasteiger partial charge on any atom is 0.270 e. The van der Waals surface area contributed by atoms with Crippen molar-refractivity contribution in [1.82, 2.24) is 14.7 Å². The SMILES string of the molecule is O=C(CN1C(=O)c2ccc([N+](=O)[O-])cc2C1=O)N1CCN(Cc2ccccc2F)CC1. The number of hydrogen-bond donors (Lipinski definition) is 0. The molecule has 0 spiro atoms. The highest BCUT2D eigenvalue weighted by Crippen LogP contribution is 2.26. The second-order valence-electron chi connectivity index (χ2n) is 7.43. The molecule has 31 heavy (non-hydrogen) atoms. The van der Waals surface area contributed by atoms with Crippen molar-refractivity contribution < 1.29 is 23.7 Å². The molecular formula is C21H19FN4O5. The first-order valence-corrected chi connectivity index (χ1v) is 9.73. The largest absolute Gasteiger partial charge is 0.339 e. The first-order chi connectivity index (χ1) is 14.8. The van der Waals surface area contributed by atoms with Gasteiger partial charge >= 0.3 is 0 Å². The summed E-state index contributed by atoms with van der Waals surface area (Å²) in [6, 6.07) is 9.98. The molecule has 2 heterocycles. The van der Waals surface area contributed by atoms with Gasteiger partial charge in [0.25, 0.3) is 17.5 Å². The van der Waals surface area contributed by atoms with Crippen LogP contribution in [-0.4, -0.2) is 70.1 Å². The maximum atomic E-state index is 13.8. The van der Waals surface area contributed by atoms with E-state index in [0.29, 0.717) is 38.3 Å². The molecule has 160 valence electrons. The van der Waals surface area contributed by atoms with E-state index in [-0.39, 0.29) is 28.5 Å². The van der Waals surface area contributed by atoms with Crippen molar-refractivity contribution in [3.8, 4) is 0 Å². The lowest BCUT2D eigenvalue weighted by atomic mass is 10.1. The van der Waals surface area contributed by atoms with E-state index in [2.05, 4.69) is 0 Å². The summed E-state index contributed by atoms with van der Waals surface area (Å²) >= 11 is 0. The molecule has 0 atom stereocenters. The number of nitro benzene ring substituents is 1. The molecule has 9 nitrogen and oxygen atoms in total. The van der Waals surface area contributed by atoms with E-state index >= 15 is 0 Å². The number of imide groups is 1. The third-order valence-electron chi connectivity index (χ3n) is 5.54. The van der Waals surface area contributed by atoms with Crippen molar-refractivity contribution in [2.75, 3.05) is 32.7 Å². The third-order valence-corrected chi connectivity index (χ3v) is 5.54. The van der Waals surface area contributed by atoms with E-state index in [0.717, 1.165) is 17.0 Å². The smallest absolute Gasteiger partial charge is 0.270 e. The van der Waals surface area contributed by atoms with Crippen LogP contribution in [0.2, 0.25) is 0 Å². The molecule has 2 aromatic carbocycles. The normalized spacial score (nSPS) is 16.5. The number of rotatable bonds is 5. The Morgan fingerprint density at radius 3 is 2.35 bits per heavy atom. The number of benzene rings is 2. The van der Waals surface area contributed by atoms with Gasteiger partial charge in [0.1, 0.15) is 12.4 Å². The van der Waals surface area contributed by atoms with Gasteiger partial charge in [0, 0.05) is 50.4 Å². The molecule has 3 amide bonds. The molecule has 0 N–H and O–H groups in total. The Bertz CT molecular complexity index is 1080. The molecular weight excluding hydrogens is 407 g/mol. The van der Waals surface area contributed by atoms with E-state index in [1.807, 2.05) is 4.90 Å². The highest BCUT2D eigenvalue weighted by atomic mass is 19.1. The number of hydrogen-bond acceptors (Lipinski definition) is 6. The van der Waals surface area contributed by atoms with Crippen LogP contribution in [0.3, 0.4) is 0 Å². The molecule has 2 aliphatic rings. The highest BCUT2D eigenvalue weighted by molar-refractivity contribution is 6.22. The number of nitrogens with zero attached hydrogens (tertiary/aromatic N) is 4. The van der Waals surface area contributed by atoms with E-state index in [9.17, 15) is 28.9 Å². The molecule has 10 heteroatoms. The minimum absolute atomic E-state index is 0.0538. The zero-order valence-electron chi connectivity index (χ0n) is 16.5. The van der Waals surface area contributed by atoms with Crippen LogP contribution in [0.1, 0.15) is 26.3 Å². The lowest BCUT2D eigenvalue weighted by Gasteiger charge is -2.35. The van der Waals surface area contributed by atoms with Gasteiger partial charge in [-0.1, -0.05) is 18.2 Å². The van der Waals surface area contributed by atoms with E-state index < -0.39 is 23.3 Å². The number of non-ortho nitro benzene ring substituents is 1. The van der Waals surface area contributed by atoms with Crippen LogP contribution in [-0.2, 0) is 11.3 Å². The van der Waals surface area contributed by atoms with Gasteiger partial charge in [0.15, 0.2) is 0 Å². The predicted molar refractivity (Wildman–Crippen MR) is 107 cm³/mol. The van der Waals surface area contributed by atoms with E-state index in [1.54, 1.807) is 23.1 Å². The third kappa shape index (κ3) is 4.02. The second kappa shape index (κ2) is 8.23. The standard InChI is InChI=1S/C21H19FN4O5/c22-18-4-2-1-3-14(18)12-23-7-9-24(10-8-23)19(27)13-25-20(28)16-6-5-15(26(30)31)11-17(16)21(25)29/h1-6,11H,7-10,12-13H2. The number of piperazine rings is 1. The lowest BCUT2D eigenvalue weighted by Crippen LogP contribution is -2.51. The van der Waals surface area contributed by atoms with Crippen molar-refractivity contribution in [2.24, 2.45) is 0 Å². The molecule has 4 rings (SSSR count). The molecule has 0 saturated carbocycles. The zero-order chi connectivity index (χ0) is 22.1. The van der Waals surface area contributed by atoms with Gasteiger partial charge < -0.3 is 4.90 Å². The molecule has 0 radical (unpaired) electrons. The van der Waals surface area contributed by atoms with Gasteiger partial charge in [0.05, 0.1) is 16.1 Å². The second-order valence-corrected chi connectivity index (χ2v) is 7.43. The summed E-state index contributed by atoms with van der Waals surface area (Å²) in [5.74, 6) is -2.00. The molecule has 2 aliphatic heterocycles. The van der Waals surface area contributed by atoms with Gasteiger partial charge in [-0.25, -0.2) is 4.39 Å². The Balaban J connectivity index is 1.36. The van der Waals surface area contributed by atoms with Crippen LogP contribution >= 0.6 is 0 Å². The highest BCUT2D eigenvalue weighted by Gasteiger charge is 2.38. The molecule has 1 fully saturated rings. The number of halogens is 1. The van der Waals surface area contributed by atoms with Crippen LogP contribution in [0.4, 0.5) is 10.1 Å². The summed E-state index contributed by atoms with van der Waals surface area (Å²) in [6.07, 6.45) is 0. The molecule has 0 aromatic heterocycles. The van der Waals surface area contributed by atoms with Gasteiger partial charge in [-0.2, -0.15) is 0 Å². The van der Waals surface area contributed by atoms with Crippen molar-refractivity contribution in [3.63, 3.8) is 0 Å². The monoisotopic (exact) mass is 426 g/mol. The Morgan fingerprint density at radius 2 is 1.68 bits per heavy atom. The Hall–Kier alpha value is -3.66. The average Bonchev–Trinajstić information content (AvgIpc) is 3.00. The summed E-state index contributed by atoms with van der Waals surface area (Å²) in [5, 5.41) is 10.9. The number of fused-ring (bicyclic) bond motifs is 1. The summed E-state index contributed by atoms with van der Waals surface area (Å²) in [7, 11) is 0. The molecule has 0 aliphatic carbocycles. The van der Waals surface area contributed by atoms with Crippen LogP contribution in [0.15, 0.2) is 42.5 Å². The van der Waals surface area contributed by atoms with Gasteiger partial charge in [-0.05, 0) is 12.1 Å². The van der Waals surface area contributed by atoms with Gasteiger partial charge in [0.2, 0.25) is 5.91 Å². The summed E-state index contributed by atoms with van der Waals surface area (Å²) in [4.78, 5) is 52.4. The molecule has 0 bridgehead atoms. The average molecular weight is 426 g/mol. The van der Waals surface area contributed by atoms with Crippen molar-refractivity contribution in [3.05, 3.63) is 75.1 Å². The Kier molecular flexibility index (Phi) is 5.47. The topological polar surface area (TPSA) is 104 Å². The molecule has 2 aromatic rings. The molecule has 0 unspecified atom stereocenters. The minimum Gasteiger partial charge on any atom is -0.339 e. The van der Waals surface area contributed by atoms with Crippen molar-refractivity contribution in [1.29, 1.82) is 0 Å². The fourth-order valence-corrected chi connectivity index (χ4v) is 3.79. The first-order valence-electron chi connectivity index (χ1n) is 9.73. The van der Waals surface area contributed by atoms with Crippen molar-refractivity contribution in [2.45, 2.75) is 6.54 Å². The van der Waals surface area contributed by atoms with Crippen molar-refractivity contribution >= 4 is 23.4 Å². The number of nitro groups is 1. The lowest BCUT2D eigenvalue weighted by molar-refractivity contribution is -0.384. The number of amides is 3. The minimum atomic E-state index is -0.713. The number of carbonyl (C=O) groups is 3. The number of carbonyl (C=O) groups excluding carboxylic acids is 3. The van der Waals surface area contributed by atoms with Crippen LogP contribution in [0.25, 0.3) is 0 Å². The summed E-state index contributed by atoms with van der Waals surface area (Å²) in [6.45, 7) is 1.87. The fraction of sp³-hybridized carbons (Fsp3) is 0.286. The quantitative estimate of drug-likeness (QED) is 0.409. The Labute approximate surface area is 176 Å². The molecule has 1 saturated heterocycles. The first kappa shape index (κ1) is 20.6. The maximum absolute atomic E-state index is 13.8. The summed E-state index contributed by atoms with van der Waals surface area (Å²) < 4.78 is 13.8. The van der Waals surface area contributed by atoms with E-state index in [1.165, 1.54) is 12.1 Å². The van der Waals surface area contributed by atoms with Gasteiger partial charge in [-0.15, -0.1) is 0 Å². The van der Waals surface area contributed by atoms with E-state index in [4.69, 9.17) is 0 Å². The zero-order valence-corrected chi connectivity index (χ0v) is 16.5. The van der Waals surface area contributed by atoms with Crippen LogP contribution < -0.4 is 0 Å². The fourth-order valence-electron chi connectivity index (χ4n) is 3.79. The summed E-state index contributed by atoms with van der Waals surface area (Å²) in [5.41, 5.74) is 0.279. The Morgan fingerprint density at radius 1 is 1.00 bits per heavy atom.